The van der Waals surface area contributed by atoms with E-state index in [0.29, 0.717) is 49.9 Å². The lowest BCUT2D eigenvalue weighted by molar-refractivity contribution is 0.100. The van der Waals surface area contributed by atoms with Gasteiger partial charge in [-0.05, 0) is 42.0 Å². The summed E-state index contributed by atoms with van der Waals surface area (Å²) in [6, 6.07) is 22.8. The highest BCUT2D eigenvalue weighted by Gasteiger charge is 2.33. The molecule has 0 bridgehead atoms. The summed E-state index contributed by atoms with van der Waals surface area (Å²) < 4.78 is 0. The van der Waals surface area contributed by atoms with Crippen molar-refractivity contribution in [2.45, 2.75) is 0 Å². The minimum absolute atomic E-state index is 0.138. The molecule has 5 rings (SSSR count). The van der Waals surface area contributed by atoms with Gasteiger partial charge in [-0.1, -0.05) is 54.1 Å². The normalized spacial score (nSPS) is 12.4. The maximum atomic E-state index is 12.7. The van der Waals surface area contributed by atoms with E-state index in [9.17, 15) is 14.7 Å². The van der Waals surface area contributed by atoms with Crippen LogP contribution in [0.2, 0.25) is 5.02 Å². The predicted octanol–water partition coefficient (Wildman–Crippen LogP) is 5.28. The summed E-state index contributed by atoms with van der Waals surface area (Å²) in [4.78, 5) is 32.2. The van der Waals surface area contributed by atoms with Gasteiger partial charge in [-0.15, -0.1) is 0 Å². The molecule has 1 aliphatic heterocycles. The number of rotatable bonds is 4. The van der Waals surface area contributed by atoms with E-state index in [-0.39, 0.29) is 11.8 Å². The van der Waals surface area contributed by atoms with Gasteiger partial charge in [0, 0.05) is 21.8 Å². The van der Waals surface area contributed by atoms with Gasteiger partial charge in [0.05, 0.1) is 22.5 Å². The van der Waals surface area contributed by atoms with Crippen molar-refractivity contribution in [3.05, 3.63) is 106 Å². The molecule has 0 saturated heterocycles. The van der Waals surface area contributed by atoms with Crippen LogP contribution in [0.25, 0.3) is 11.3 Å². The molecular formula is C25H16ClN3O3. The maximum Gasteiger partial charge on any atom is 0.280 e. The molecule has 3 aromatic carbocycles. The third-order valence-electron chi connectivity index (χ3n) is 5.23. The highest BCUT2D eigenvalue weighted by molar-refractivity contribution is 6.32. The van der Waals surface area contributed by atoms with Gasteiger partial charge in [-0.3, -0.25) is 9.59 Å². The van der Waals surface area contributed by atoms with Gasteiger partial charge >= 0.3 is 0 Å². The highest BCUT2D eigenvalue weighted by atomic mass is 35.5. The molecule has 0 atom stereocenters. The van der Waals surface area contributed by atoms with E-state index in [1.165, 1.54) is 0 Å². The molecule has 0 aliphatic carbocycles. The van der Waals surface area contributed by atoms with E-state index in [1.807, 2.05) is 18.2 Å². The Balaban J connectivity index is 1.45. The monoisotopic (exact) mass is 441 g/mol. The largest absolute Gasteiger partial charge is 0.494 e. The Morgan fingerprint density at radius 2 is 1.53 bits per heavy atom. The summed E-state index contributed by atoms with van der Waals surface area (Å²) >= 11 is 5.95. The van der Waals surface area contributed by atoms with Gasteiger partial charge in [-0.25, -0.2) is 4.99 Å². The first-order chi connectivity index (χ1) is 15.5. The molecule has 3 N–H and O–H groups in total. The second-order valence-corrected chi connectivity index (χ2v) is 7.70. The SMILES string of the molecule is O=C(Nc1ccccc1)c1ccc(-c2[nH]c(O)c3c2C(=O)N=C3c2ccc(Cl)cc2)cc1. The Morgan fingerprint density at radius 3 is 2.22 bits per heavy atom. The van der Waals surface area contributed by atoms with Crippen LogP contribution in [0.3, 0.4) is 0 Å². The van der Waals surface area contributed by atoms with Crippen LogP contribution in [0.1, 0.15) is 31.8 Å². The number of hydrogen-bond donors (Lipinski definition) is 3. The zero-order chi connectivity index (χ0) is 22.2. The molecule has 2 amide bonds. The molecule has 4 aromatic rings. The number of H-pyrrole nitrogens is 1. The molecule has 156 valence electrons. The highest BCUT2D eigenvalue weighted by Crippen LogP contribution is 2.38. The first-order valence-electron chi connectivity index (χ1n) is 9.82. The van der Waals surface area contributed by atoms with E-state index in [1.54, 1.807) is 60.7 Å². The summed E-state index contributed by atoms with van der Waals surface area (Å²) in [5.41, 5.74) is 3.99. The summed E-state index contributed by atoms with van der Waals surface area (Å²) in [5.74, 6) is -0.824. The standard InChI is InChI=1S/C25H16ClN3O3/c26-17-12-10-15(11-13-17)22-20-19(24(31)29-22)21(28-25(20)32)14-6-8-16(9-7-14)23(30)27-18-4-2-1-3-5-18/h1-13,28,32H,(H,27,30). The molecule has 32 heavy (non-hydrogen) atoms. The first kappa shape index (κ1) is 19.8. The third kappa shape index (κ3) is 3.46. The van der Waals surface area contributed by atoms with Crippen LogP contribution in [0.15, 0.2) is 83.9 Å². The van der Waals surface area contributed by atoms with Crippen molar-refractivity contribution in [3.63, 3.8) is 0 Å². The number of benzene rings is 3. The van der Waals surface area contributed by atoms with Crippen molar-refractivity contribution in [3.8, 4) is 17.1 Å². The second kappa shape index (κ2) is 7.83. The lowest BCUT2D eigenvalue weighted by atomic mass is 9.99. The van der Waals surface area contributed by atoms with Crippen molar-refractivity contribution in [1.29, 1.82) is 0 Å². The predicted molar refractivity (Wildman–Crippen MR) is 124 cm³/mol. The number of anilines is 1. The number of carbonyl (C=O) groups excluding carboxylic acids is 2. The summed E-state index contributed by atoms with van der Waals surface area (Å²) in [5, 5.41) is 13.9. The number of nitrogens with one attached hydrogen (secondary N) is 2. The number of carbonyl (C=O) groups is 2. The van der Waals surface area contributed by atoms with E-state index < -0.39 is 5.91 Å². The molecule has 0 unspecified atom stereocenters. The van der Waals surface area contributed by atoms with Gasteiger partial charge in [0.2, 0.25) is 0 Å². The Morgan fingerprint density at radius 1 is 0.875 bits per heavy atom. The average Bonchev–Trinajstić information content (AvgIpc) is 3.33. The smallest absolute Gasteiger partial charge is 0.280 e. The molecule has 0 saturated carbocycles. The van der Waals surface area contributed by atoms with E-state index in [0.717, 1.165) is 0 Å². The van der Waals surface area contributed by atoms with Crippen LogP contribution in [0.4, 0.5) is 5.69 Å². The van der Waals surface area contributed by atoms with Crippen molar-refractivity contribution in [2.24, 2.45) is 4.99 Å². The molecule has 0 spiro atoms. The van der Waals surface area contributed by atoms with Crippen molar-refractivity contribution in [1.82, 2.24) is 4.98 Å². The number of para-hydroxylation sites is 1. The summed E-state index contributed by atoms with van der Waals surface area (Å²) in [6.45, 7) is 0. The molecule has 6 nitrogen and oxygen atoms in total. The summed E-state index contributed by atoms with van der Waals surface area (Å²) in [7, 11) is 0. The number of halogens is 1. The van der Waals surface area contributed by atoms with Gasteiger partial charge in [0.25, 0.3) is 11.8 Å². The molecule has 0 radical (unpaired) electrons. The van der Waals surface area contributed by atoms with E-state index in [4.69, 9.17) is 11.6 Å². The fraction of sp³-hybridized carbons (Fsp3) is 0. The van der Waals surface area contributed by atoms with Crippen LogP contribution in [-0.4, -0.2) is 27.6 Å². The Labute approximate surface area is 188 Å². The molecule has 1 aromatic heterocycles. The number of fused-ring (bicyclic) bond motifs is 1. The molecular weight excluding hydrogens is 426 g/mol. The van der Waals surface area contributed by atoms with Gasteiger partial charge in [0.15, 0.2) is 5.88 Å². The lowest BCUT2D eigenvalue weighted by Crippen LogP contribution is -2.11. The molecule has 1 aliphatic rings. The fourth-order valence-electron chi connectivity index (χ4n) is 3.69. The quantitative estimate of drug-likeness (QED) is 0.402. The first-order valence-corrected chi connectivity index (χ1v) is 10.2. The molecule has 0 fully saturated rings. The van der Waals surface area contributed by atoms with Crippen molar-refractivity contribution in [2.75, 3.05) is 5.32 Å². The van der Waals surface area contributed by atoms with E-state index >= 15 is 0 Å². The average molecular weight is 442 g/mol. The number of nitrogens with zero attached hydrogens (tertiary/aromatic N) is 1. The third-order valence-corrected chi connectivity index (χ3v) is 5.48. The zero-order valence-corrected chi connectivity index (χ0v) is 17.4. The number of aliphatic imine (C=N–C) groups is 1. The number of amides is 2. The number of aromatic amines is 1. The van der Waals surface area contributed by atoms with Crippen LogP contribution >= 0.6 is 11.6 Å². The molecule has 7 heteroatoms. The Kier molecular flexibility index (Phi) is 4.84. The maximum absolute atomic E-state index is 12.7. The number of aromatic nitrogens is 1. The summed E-state index contributed by atoms with van der Waals surface area (Å²) in [6.07, 6.45) is 0. The molecule has 2 heterocycles. The minimum atomic E-state index is -0.442. The van der Waals surface area contributed by atoms with Crippen LogP contribution in [0.5, 0.6) is 5.88 Å². The second-order valence-electron chi connectivity index (χ2n) is 7.27. The Bertz CT molecular complexity index is 1370. The lowest BCUT2D eigenvalue weighted by Gasteiger charge is -2.06. The fourth-order valence-corrected chi connectivity index (χ4v) is 3.82. The van der Waals surface area contributed by atoms with Crippen LogP contribution in [-0.2, 0) is 0 Å². The van der Waals surface area contributed by atoms with Crippen LogP contribution in [0, 0.1) is 0 Å². The number of aromatic hydroxyl groups is 1. The minimum Gasteiger partial charge on any atom is -0.494 e. The topological polar surface area (TPSA) is 94.5 Å². The number of hydrogen-bond acceptors (Lipinski definition) is 3. The van der Waals surface area contributed by atoms with Gasteiger partial charge < -0.3 is 15.4 Å². The van der Waals surface area contributed by atoms with Crippen LogP contribution < -0.4 is 5.32 Å². The Hall–Kier alpha value is -4.16. The van der Waals surface area contributed by atoms with Gasteiger partial charge in [0.1, 0.15) is 0 Å². The zero-order valence-electron chi connectivity index (χ0n) is 16.6. The van der Waals surface area contributed by atoms with Crippen molar-refractivity contribution < 1.29 is 14.7 Å². The van der Waals surface area contributed by atoms with Gasteiger partial charge in [-0.2, -0.15) is 0 Å². The van der Waals surface area contributed by atoms with Crippen molar-refractivity contribution >= 4 is 34.8 Å². The van der Waals surface area contributed by atoms with E-state index in [2.05, 4.69) is 15.3 Å².